The van der Waals surface area contributed by atoms with E-state index in [1.165, 1.54) is 7.11 Å². The summed E-state index contributed by atoms with van der Waals surface area (Å²) in [6.07, 6.45) is 3.29. The van der Waals surface area contributed by atoms with Crippen LogP contribution in [0.1, 0.15) is 19.3 Å². The summed E-state index contributed by atoms with van der Waals surface area (Å²) in [6.45, 7) is 1.53. The lowest BCUT2D eigenvalue weighted by Crippen LogP contribution is -2.38. The number of fused-ring (bicyclic) bond motifs is 1. The van der Waals surface area contributed by atoms with E-state index in [1.54, 1.807) is 4.31 Å². The topological polar surface area (TPSA) is 72.6 Å². The smallest absolute Gasteiger partial charge is 0.216 e. The van der Waals surface area contributed by atoms with Crippen LogP contribution < -0.4 is 5.73 Å². The maximum absolute atomic E-state index is 12.0. The highest BCUT2D eigenvalue weighted by atomic mass is 32.2. The lowest BCUT2D eigenvalue weighted by atomic mass is 9.78. The summed E-state index contributed by atoms with van der Waals surface area (Å²) in [6, 6.07) is 0.177. The minimum absolute atomic E-state index is 0.0815. The summed E-state index contributed by atoms with van der Waals surface area (Å²) in [5.41, 5.74) is 6.08. The third kappa shape index (κ3) is 2.81. The van der Waals surface area contributed by atoms with Crippen molar-refractivity contribution < 1.29 is 13.2 Å². The normalized spacial score (nSPS) is 34.8. The van der Waals surface area contributed by atoms with Crippen LogP contribution >= 0.6 is 0 Å². The number of nitrogens with zero attached hydrogens (tertiary/aromatic N) is 1. The summed E-state index contributed by atoms with van der Waals surface area (Å²) in [4.78, 5) is 0. The highest BCUT2D eigenvalue weighted by Gasteiger charge is 2.42. The quantitative estimate of drug-likeness (QED) is 0.775. The first-order valence-corrected chi connectivity index (χ1v) is 7.88. The molecule has 6 heteroatoms. The molecule has 0 radical (unpaired) electrons. The number of sulfonamides is 1. The molecule has 1 aliphatic heterocycles. The molecule has 2 fully saturated rings. The van der Waals surface area contributed by atoms with Crippen LogP contribution in [0.25, 0.3) is 0 Å². The first-order valence-electron chi connectivity index (χ1n) is 6.27. The van der Waals surface area contributed by atoms with Gasteiger partial charge in [-0.3, -0.25) is 0 Å². The minimum Gasteiger partial charge on any atom is -0.384 e. The first-order chi connectivity index (χ1) is 8.04. The Labute approximate surface area is 103 Å². The van der Waals surface area contributed by atoms with Crippen molar-refractivity contribution in [1.82, 2.24) is 4.31 Å². The van der Waals surface area contributed by atoms with Crippen molar-refractivity contribution in [3.8, 4) is 0 Å². The molecule has 100 valence electrons. The highest BCUT2D eigenvalue weighted by Crippen LogP contribution is 2.36. The van der Waals surface area contributed by atoms with E-state index >= 15 is 0 Å². The minimum atomic E-state index is -3.15. The highest BCUT2D eigenvalue weighted by molar-refractivity contribution is 7.89. The summed E-state index contributed by atoms with van der Waals surface area (Å²) in [5, 5.41) is 0. The van der Waals surface area contributed by atoms with E-state index in [2.05, 4.69) is 0 Å². The standard InChI is InChI=1S/C11H22N2O3S/c1-16-5-6-17(14,15)13-7-9-3-2-4-11(12)10(9)8-13/h9-11H,2-8,12H2,1H3. The summed E-state index contributed by atoms with van der Waals surface area (Å²) < 4.78 is 30.6. The van der Waals surface area contributed by atoms with Gasteiger partial charge in [0.05, 0.1) is 12.4 Å². The fraction of sp³-hybridized carbons (Fsp3) is 1.00. The number of nitrogens with two attached hydrogens (primary N) is 1. The van der Waals surface area contributed by atoms with Crippen LogP contribution in [0.2, 0.25) is 0 Å². The summed E-state index contributed by atoms with van der Waals surface area (Å²) >= 11 is 0. The van der Waals surface area contributed by atoms with Crippen molar-refractivity contribution in [2.24, 2.45) is 17.6 Å². The van der Waals surface area contributed by atoms with E-state index in [4.69, 9.17) is 10.5 Å². The van der Waals surface area contributed by atoms with Crippen LogP contribution in [0.3, 0.4) is 0 Å². The van der Waals surface area contributed by atoms with E-state index in [1.807, 2.05) is 0 Å². The number of methoxy groups -OCH3 is 1. The fourth-order valence-corrected chi connectivity index (χ4v) is 4.47. The van der Waals surface area contributed by atoms with Gasteiger partial charge in [0.1, 0.15) is 0 Å². The molecule has 1 saturated carbocycles. The zero-order valence-electron chi connectivity index (χ0n) is 10.3. The number of hydrogen-bond donors (Lipinski definition) is 1. The monoisotopic (exact) mass is 262 g/mol. The number of hydrogen-bond acceptors (Lipinski definition) is 4. The van der Waals surface area contributed by atoms with Gasteiger partial charge in [-0.15, -0.1) is 0 Å². The Kier molecular flexibility index (Phi) is 4.07. The van der Waals surface area contributed by atoms with Gasteiger partial charge >= 0.3 is 0 Å². The average molecular weight is 262 g/mol. The van der Waals surface area contributed by atoms with Crippen molar-refractivity contribution in [2.75, 3.05) is 32.6 Å². The molecule has 1 heterocycles. The molecule has 0 spiro atoms. The van der Waals surface area contributed by atoms with Gasteiger partial charge in [-0.05, 0) is 24.7 Å². The van der Waals surface area contributed by atoms with Gasteiger partial charge in [0.15, 0.2) is 0 Å². The fourth-order valence-electron chi connectivity index (χ4n) is 3.02. The molecular formula is C11H22N2O3S. The Morgan fingerprint density at radius 2 is 2.12 bits per heavy atom. The van der Waals surface area contributed by atoms with Crippen LogP contribution in [0.4, 0.5) is 0 Å². The van der Waals surface area contributed by atoms with Crippen molar-refractivity contribution >= 4 is 10.0 Å². The number of rotatable bonds is 4. The molecule has 0 bridgehead atoms. The molecule has 0 aromatic carbocycles. The van der Waals surface area contributed by atoms with Crippen LogP contribution in [0, 0.1) is 11.8 Å². The Bertz CT molecular complexity index is 358. The maximum atomic E-state index is 12.0. The number of ether oxygens (including phenoxy) is 1. The molecule has 2 rings (SSSR count). The Morgan fingerprint density at radius 3 is 2.76 bits per heavy atom. The van der Waals surface area contributed by atoms with Gasteiger partial charge < -0.3 is 10.5 Å². The Morgan fingerprint density at radius 1 is 1.35 bits per heavy atom. The molecule has 3 atom stereocenters. The maximum Gasteiger partial charge on any atom is 0.216 e. The zero-order valence-corrected chi connectivity index (χ0v) is 11.2. The zero-order chi connectivity index (χ0) is 12.5. The molecule has 0 amide bonds. The summed E-state index contributed by atoms with van der Waals surface area (Å²) in [7, 11) is -1.63. The molecular weight excluding hydrogens is 240 g/mol. The SMILES string of the molecule is COCCS(=O)(=O)N1CC2CCCC(N)C2C1. The van der Waals surface area contributed by atoms with Crippen molar-refractivity contribution in [1.29, 1.82) is 0 Å². The first kappa shape index (κ1) is 13.3. The van der Waals surface area contributed by atoms with Crippen LogP contribution in [-0.4, -0.2) is 51.3 Å². The molecule has 5 nitrogen and oxygen atoms in total. The van der Waals surface area contributed by atoms with E-state index in [9.17, 15) is 8.42 Å². The van der Waals surface area contributed by atoms with Gasteiger partial charge in [-0.25, -0.2) is 12.7 Å². The predicted molar refractivity (Wildman–Crippen MR) is 66.0 cm³/mol. The molecule has 2 aliphatic rings. The molecule has 17 heavy (non-hydrogen) atoms. The predicted octanol–water partition coefficient (Wildman–Crippen LogP) is 0.0218. The van der Waals surface area contributed by atoms with E-state index in [0.717, 1.165) is 19.3 Å². The van der Waals surface area contributed by atoms with E-state index < -0.39 is 10.0 Å². The van der Waals surface area contributed by atoms with Gasteiger partial charge in [0, 0.05) is 26.2 Å². The van der Waals surface area contributed by atoms with Crippen molar-refractivity contribution in [2.45, 2.75) is 25.3 Å². The van der Waals surface area contributed by atoms with Gasteiger partial charge in [0.25, 0.3) is 0 Å². The second kappa shape index (κ2) is 5.22. The average Bonchev–Trinajstić information content (AvgIpc) is 2.72. The van der Waals surface area contributed by atoms with E-state index in [0.29, 0.717) is 24.9 Å². The van der Waals surface area contributed by atoms with Crippen LogP contribution in [0.5, 0.6) is 0 Å². The largest absolute Gasteiger partial charge is 0.384 e. The Balaban J connectivity index is 2.01. The van der Waals surface area contributed by atoms with Crippen molar-refractivity contribution in [3.05, 3.63) is 0 Å². The Hall–Kier alpha value is -0.170. The second-order valence-electron chi connectivity index (χ2n) is 5.14. The second-order valence-corrected chi connectivity index (χ2v) is 7.23. The van der Waals surface area contributed by atoms with Gasteiger partial charge in [-0.2, -0.15) is 0 Å². The van der Waals surface area contributed by atoms with Gasteiger partial charge in [0.2, 0.25) is 10.0 Å². The lowest BCUT2D eigenvalue weighted by Gasteiger charge is -2.29. The summed E-state index contributed by atoms with van der Waals surface area (Å²) in [5.74, 6) is 0.912. The molecule has 1 saturated heterocycles. The molecule has 2 N–H and O–H groups in total. The van der Waals surface area contributed by atoms with Gasteiger partial charge in [-0.1, -0.05) is 6.42 Å². The third-order valence-electron chi connectivity index (χ3n) is 4.06. The van der Waals surface area contributed by atoms with E-state index in [-0.39, 0.29) is 18.4 Å². The lowest BCUT2D eigenvalue weighted by molar-refractivity contribution is 0.215. The molecule has 1 aliphatic carbocycles. The third-order valence-corrected chi connectivity index (χ3v) is 5.83. The molecule has 3 unspecified atom stereocenters. The molecule has 0 aromatic rings. The van der Waals surface area contributed by atoms with Crippen LogP contribution in [0.15, 0.2) is 0 Å². The molecule has 0 aromatic heterocycles. The van der Waals surface area contributed by atoms with Crippen molar-refractivity contribution in [3.63, 3.8) is 0 Å². The van der Waals surface area contributed by atoms with Crippen LogP contribution in [-0.2, 0) is 14.8 Å².